The number of carbonyl (C=O) groups excluding carboxylic acids is 2. The molecule has 8 nitrogen and oxygen atoms in total. The van der Waals surface area contributed by atoms with Crippen LogP contribution in [-0.4, -0.2) is 50.9 Å². The van der Waals surface area contributed by atoms with Crippen LogP contribution in [0.1, 0.15) is 44.7 Å². The molecule has 3 aromatic rings. The van der Waals surface area contributed by atoms with E-state index < -0.39 is 28.5 Å². The summed E-state index contributed by atoms with van der Waals surface area (Å²) in [5.74, 6) is -0.520. The number of carbonyl (C=O) groups is 2. The zero-order chi connectivity index (χ0) is 30.0. The molecule has 0 radical (unpaired) electrons. The summed E-state index contributed by atoms with van der Waals surface area (Å²) in [6, 6.07) is 19.2. The fourth-order valence-corrected chi connectivity index (χ4v) is 5.83. The Hall–Kier alpha value is -3.56. The van der Waals surface area contributed by atoms with Crippen LogP contribution in [0.25, 0.3) is 0 Å². The van der Waals surface area contributed by atoms with Gasteiger partial charge in [0, 0.05) is 18.1 Å². The highest BCUT2D eigenvalue weighted by molar-refractivity contribution is 7.92. The number of halogens is 1. The fraction of sp³-hybridized carbons (Fsp3) is 0.355. The fourth-order valence-electron chi connectivity index (χ4n) is 4.28. The average molecular weight is 600 g/mol. The molecule has 41 heavy (non-hydrogen) atoms. The van der Waals surface area contributed by atoms with E-state index in [-0.39, 0.29) is 23.0 Å². The van der Waals surface area contributed by atoms with Crippen LogP contribution in [0, 0.1) is 6.92 Å². The van der Waals surface area contributed by atoms with Crippen LogP contribution in [0.2, 0.25) is 5.02 Å². The number of rotatable bonds is 14. The Bertz CT molecular complexity index is 1430. The highest BCUT2D eigenvalue weighted by Gasteiger charge is 2.34. The second-order valence-electron chi connectivity index (χ2n) is 9.64. The molecule has 1 atom stereocenters. The molecule has 0 fully saturated rings. The molecule has 10 heteroatoms. The lowest BCUT2D eigenvalue weighted by atomic mass is 10.1. The molecule has 220 valence electrons. The third kappa shape index (κ3) is 8.24. The SMILES string of the molecule is CCCCNC(=O)[C@H](C)N(Cc1ccccc1C)C(=O)CN(c1ccccc1OCC)S(=O)(=O)c1ccc(Cl)cc1. The van der Waals surface area contributed by atoms with E-state index in [0.717, 1.165) is 28.3 Å². The second kappa shape index (κ2) is 14.9. The van der Waals surface area contributed by atoms with Gasteiger partial charge in [-0.15, -0.1) is 0 Å². The number of anilines is 1. The number of ether oxygens (including phenoxy) is 1. The smallest absolute Gasteiger partial charge is 0.264 e. The molecule has 1 N–H and O–H groups in total. The molecule has 2 amide bonds. The van der Waals surface area contributed by atoms with Crippen molar-refractivity contribution in [2.24, 2.45) is 0 Å². The topological polar surface area (TPSA) is 96.0 Å². The first-order chi connectivity index (χ1) is 19.6. The van der Waals surface area contributed by atoms with Crippen LogP contribution in [0.4, 0.5) is 5.69 Å². The number of para-hydroxylation sites is 2. The van der Waals surface area contributed by atoms with Crippen molar-refractivity contribution in [1.29, 1.82) is 0 Å². The summed E-state index contributed by atoms with van der Waals surface area (Å²) < 4.78 is 34.8. The monoisotopic (exact) mass is 599 g/mol. The van der Waals surface area contributed by atoms with E-state index >= 15 is 0 Å². The number of amides is 2. The summed E-state index contributed by atoms with van der Waals surface area (Å²) >= 11 is 6.02. The molecule has 0 aliphatic heterocycles. The lowest BCUT2D eigenvalue weighted by Gasteiger charge is -2.32. The minimum Gasteiger partial charge on any atom is -0.492 e. The van der Waals surface area contributed by atoms with E-state index in [2.05, 4.69) is 5.32 Å². The number of nitrogens with one attached hydrogen (secondary N) is 1. The molecule has 0 heterocycles. The molecule has 0 aliphatic carbocycles. The van der Waals surface area contributed by atoms with Gasteiger partial charge in [-0.25, -0.2) is 8.42 Å². The van der Waals surface area contributed by atoms with E-state index in [4.69, 9.17) is 16.3 Å². The standard InChI is InChI=1S/C31H38ClN3O5S/c1-5-7-20-33-31(37)24(4)34(21-25-13-9-8-12-23(25)3)30(36)22-35(28-14-10-11-15-29(28)40-6-2)41(38,39)27-18-16-26(32)17-19-27/h8-19,24H,5-7,20-22H2,1-4H3,(H,33,37)/t24-/m0/s1. The summed E-state index contributed by atoms with van der Waals surface area (Å²) in [5, 5.41) is 3.28. The van der Waals surface area contributed by atoms with Gasteiger partial charge in [-0.2, -0.15) is 0 Å². The Morgan fingerprint density at radius 1 is 0.976 bits per heavy atom. The Balaban J connectivity index is 2.06. The molecular formula is C31H38ClN3O5S. The zero-order valence-electron chi connectivity index (χ0n) is 24.0. The van der Waals surface area contributed by atoms with E-state index in [1.807, 2.05) is 38.1 Å². The second-order valence-corrected chi connectivity index (χ2v) is 11.9. The largest absolute Gasteiger partial charge is 0.492 e. The molecule has 0 saturated carbocycles. The van der Waals surface area contributed by atoms with Gasteiger partial charge in [-0.3, -0.25) is 13.9 Å². The van der Waals surface area contributed by atoms with Gasteiger partial charge in [0.15, 0.2) is 0 Å². The minimum absolute atomic E-state index is 0.0307. The minimum atomic E-state index is -4.24. The zero-order valence-corrected chi connectivity index (χ0v) is 25.5. The summed E-state index contributed by atoms with van der Waals surface area (Å²) in [4.78, 5) is 28.6. The Kier molecular flexibility index (Phi) is 11.6. The van der Waals surface area contributed by atoms with Crippen LogP contribution in [-0.2, 0) is 26.2 Å². The molecule has 3 aromatic carbocycles. The lowest BCUT2D eigenvalue weighted by molar-refractivity contribution is -0.139. The van der Waals surface area contributed by atoms with Crippen LogP contribution < -0.4 is 14.4 Å². The van der Waals surface area contributed by atoms with Gasteiger partial charge in [-0.05, 0) is 74.7 Å². The quantitative estimate of drug-likeness (QED) is 0.244. The number of aryl methyl sites for hydroxylation is 1. The Morgan fingerprint density at radius 2 is 1.63 bits per heavy atom. The van der Waals surface area contributed by atoms with E-state index in [1.54, 1.807) is 38.1 Å². The van der Waals surface area contributed by atoms with E-state index in [0.29, 0.717) is 23.9 Å². The molecule has 0 spiro atoms. The van der Waals surface area contributed by atoms with Gasteiger partial charge in [0.05, 0.1) is 17.2 Å². The van der Waals surface area contributed by atoms with Crippen LogP contribution in [0.15, 0.2) is 77.7 Å². The predicted molar refractivity (Wildman–Crippen MR) is 163 cm³/mol. The van der Waals surface area contributed by atoms with Crippen molar-refractivity contribution in [3.63, 3.8) is 0 Å². The maximum absolute atomic E-state index is 14.1. The lowest BCUT2D eigenvalue weighted by Crippen LogP contribution is -2.51. The van der Waals surface area contributed by atoms with Crippen LogP contribution in [0.5, 0.6) is 5.75 Å². The maximum Gasteiger partial charge on any atom is 0.264 e. The van der Waals surface area contributed by atoms with Crippen molar-refractivity contribution in [2.75, 3.05) is 24.0 Å². The summed E-state index contributed by atoms with van der Waals surface area (Å²) in [6.45, 7) is 7.79. The number of unbranched alkanes of at least 4 members (excludes halogenated alkanes) is 1. The Labute approximate surface area is 248 Å². The third-order valence-corrected chi connectivity index (χ3v) is 8.74. The molecule has 0 aliphatic rings. The van der Waals surface area contributed by atoms with Gasteiger partial charge >= 0.3 is 0 Å². The van der Waals surface area contributed by atoms with Gasteiger partial charge < -0.3 is 15.0 Å². The van der Waals surface area contributed by atoms with Gasteiger partial charge in [0.1, 0.15) is 18.3 Å². The van der Waals surface area contributed by atoms with Crippen molar-refractivity contribution in [3.8, 4) is 5.75 Å². The third-order valence-electron chi connectivity index (χ3n) is 6.71. The van der Waals surface area contributed by atoms with Crippen molar-refractivity contribution in [3.05, 3.63) is 88.9 Å². The number of hydrogen-bond acceptors (Lipinski definition) is 5. The van der Waals surface area contributed by atoms with E-state index in [1.165, 1.54) is 29.2 Å². The van der Waals surface area contributed by atoms with Crippen LogP contribution in [0.3, 0.4) is 0 Å². The van der Waals surface area contributed by atoms with Crippen molar-refractivity contribution < 1.29 is 22.7 Å². The van der Waals surface area contributed by atoms with Gasteiger partial charge in [0.2, 0.25) is 11.8 Å². The highest BCUT2D eigenvalue weighted by atomic mass is 35.5. The number of nitrogens with zero attached hydrogens (tertiary/aromatic N) is 2. The molecule has 3 rings (SSSR count). The van der Waals surface area contributed by atoms with Gasteiger partial charge in [-0.1, -0.05) is 61.3 Å². The molecule has 0 saturated heterocycles. The highest BCUT2D eigenvalue weighted by Crippen LogP contribution is 2.33. The molecule has 0 aromatic heterocycles. The first-order valence-corrected chi connectivity index (χ1v) is 15.5. The predicted octanol–water partition coefficient (Wildman–Crippen LogP) is 5.58. The van der Waals surface area contributed by atoms with E-state index in [9.17, 15) is 18.0 Å². The summed E-state index contributed by atoms with van der Waals surface area (Å²) in [6.07, 6.45) is 1.72. The van der Waals surface area contributed by atoms with Crippen LogP contribution >= 0.6 is 11.6 Å². The maximum atomic E-state index is 14.1. The molecule has 0 bridgehead atoms. The van der Waals surface area contributed by atoms with Crippen molar-refractivity contribution in [2.45, 2.75) is 58.0 Å². The average Bonchev–Trinajstić information content (AvgIpc) is 2.96. The first kappa shape index (κ1) is 32.0. The molecule has 0 unspecified atom stereocenters. The summed E-state index contributed by atoms with van der Waals surface area (Å²) in [5.41, 5.74) is 2.03. The van der Waals surface area contributed by atoms with Crippen molar-refractivity contribution in [1.82, 2.24) is 10.2 Å². The molecular weight excluding hydrogens is 562 g/mol. The van der Waals surface area contributed by atoms with Crippen molar-refractivity contribution >= 4 is 39.1 Å². The summed E-state index contributed by atoms with van der Waals surface area (Å²) in [7, 11) is -4.24. The Morgan fingerprint density at radius 3 is 2.29 bits per heavy atom. The number of sulfonamides is 1. The van der Waals surface area contributed by atoms with Gasteiger partial charge in [0.25, 0.3) is 10.0 Å². The first-order valence-electron chi connectivity index (χ1n) is 13.7. The number of benzene rings is 3. The number of hydrogen-bond donors (Lipinski definition) is 1. The normalized spacial score (nSPS) is 11.9.